The normalized spacial score (nSPS) is 23.5. The van der Waals surface area contributed by atoms with Gasteiger partial charge in [0.25, 0.3) is 0 Å². The zero-order chi connectivity index (χ0) is 15.2. The molecule has 22 heavy (non-hydrogen) atoms. The van der Waals surface area contributed by atoms with Crippen molar-refractivity contribution in [3.05, 3.63) is 35.9 Å². The van der Waals surface area contributed by atoms with Crippen LogP contribution in [0.3, 0.4) is 0 Å². The Labute approximate surface area is 132 Å². The van der Waals surface area contributed by atoms with Crippen molar-refractivity contribution in [2.75, 3.05) is 32.8 Å². The largest absolute Gasteiger partial charge is 0.371 e. The van der Waals surface area contributed by atoms with Crippen molar-refractivity contribution >= 4 is 5.91 Å². The fourth-order valence-electron chi connectivity index (χ4n) is 3.44. The van der Waals surface area contributed by atoms with Gasteiger partial charge < -0.3 is 10.1 Å². The molecule has 1 aliphatic carbocycles. The first kappa shape index (κ1) is 15.5. The summed E-state index contributed by atoms with van der Waals surface area (Å²) in [7, 11) is 0. The molecule has 0 bridgehead atoms. The van der Waals surface area contributed by atoms with Gasteiger partial charge in [-0.05, 0) is 18.4 Å². The fraction of sp³-hybridized carbons (Fsp3) is 0.611. The molecule has 1 aromatic carbocycles. The fourth-order valence-corrected chi connectivity index (χ4v) is 3.44. The molecule has 1 N–H and O–H groups in total. The van der Waals surface area contributed by atoms with E-state index in [-0.39, 0.29) is 17.9 Å². The van der Waals surface area contributed by atoms with E-state index in [0.29, 0.717) is 0 Å². The lowest BCUT2D eigenvalue weighted by Crippen LogP contribution is -2.43. The molecule has 0 radical (unpaired) electrons. The number of ether oxygens (including phenoxy) is 1. The van der Waals surface area contributed by atoms with Gasteiger partial charge in [-0.2, -0.15) is 0 Å². The summed E-state index contributed by atoms with van der Waals surface area (Å²) >= 11 is 0. The SMILES string of the molecule is O=C(NCCN1CCOC(c2ccccc2)C1)C1CCCC1. The number of hydrogen-bond acceptors (Lipinski definition) is 3. The second-order valence-corrected chi connectivity index (χ2v) is 6.34. The third-order valence-electron chi connectivity index (χ3n) is 4.78. The topological polar surface area (TPSA) is 41.6 Å². The summed E-state index contributed by atoms with van der Waals surface area (Å²) < 4.78 is 5.87. The van der Waals surface area contributed by atoms with E-state index in [2.05, 4.69) is 34.5 Å². The van der Waals surface area contributed by atoms with Crippen LogP contribution in [-0.2, 0) is 9.53 Å². The molecular weight excluding hydrogens is 276 g/mol. The van der Waals surface area contributed by atoms with Gasteiger partial charge in [-0.25, -0.2) is 0 Å². The molecule has 0 spiro atoms. The number of rotatable bonds is 5. The van der Waals surface area contributed by atoms with Crippen LogP contribution in [0, 0.1) is 5.92 Å². The molecule has 2 aliphatic rings. The predicted molar refractivity (Wildman–Crippen MR) is 86.5 cm³/mol. The third-order valence-corrected chi connectivity index (χ3v) is 4.78. The zero-order valence-corrected chi connectivity index (χ0v) is 13.2. The number of amides is 1. The highest BCUT2D eigenvalue weighted by atomic mass is 16.5. The quantitative estimate of drug-likeness (QED) is 0.908. The van der Waals surface area contributed by atoms with Gasteiger partial charge in [-0.1, -0.05) is 43.2 Å². The van der Waals surface area contributed by atoms with Crippen molar-refractivity contribution in [3.63, 3.8) is 0 Å². The summed E-state index contributed by atoms with van der Waals surface area (Å²) in [6.07, 6.45) is 4.71. The molecule has 3 rings (SSSR count). The van der Waals surface area contributed by atoms with Crippen molar-refractivity contribution in [2.45, 2.75) is 31.8 Å². The highest BCUT2D eigenvalue weighted by Gasteiger charge is 2.24. The Balaban J connectivity index is 1.42. The van der Waals surface area contributed by atoms with Crippen LogP contribution in [0.25, 0.3) is 0 Å². The van der Waals surface area contributed by atoms with Crippen molar-refractivity contribution in [3.8, 4) is 0 Å². The molecule has 1 saturated heterocycles. The van der Waals surface area contributed by atoms with E-state index < -0.39 is 0 Å². The summed E-state index contributed by atoms with van der Waals surface area (Å²) in [5.74, 6) is 0.520. The second-order valence-electron chi connectivity index (χ2n) is 6.34. The van der Waals surface area contributed by atoms with E-state index in [1.165, 1.54) is 18.4 Å². The van der Waals surface area contributed by atoms with Crippen LogP contribution in [0.4, 0.5) is 0 Å². The van der Waals surface area contributed by atoms with Crippen molar-refractivity contribution < 1.29 is 9.53 Å². The summed E-state index contributed by atoms with van der Waals surface area (Å²) in [4.78, 5) is 14.4. The Kier molecular flexibility index (Phi) is 5.46. The maximum Gasteiger partial charge on any atom is 0.223 e. The van der Waals surface area contributed by atoms with Crippen molar-refractivity contribution in [2.24, 2.45) is 5.92 Å². The van der Waals surface area contributed by atoms with Crippen LogP contribution in [0.1, 0.15) is 37.4 Å². The number of carbonyl (C=O) groups is 1. The molecule has 4 nitrogen and oxygen atoms in total. The first-order valence-corrected chi connectivity index (χ1v) is 8.49. The molecule has 2 fully saturated rings. The lowest BCUT2D eigenvalue weighted by molar-refractivity contribution is -0.124. The summed E-state index contributed by atoms with van der Waals surface area (Å²) in [5.41, 5.74) is 1.24. The lowest BCUT2D eigenvalue weighted by Gasteiger charge is -2.33. The number of benzene rings is 1. The number of carbonyl (C=O) groups excluding carboxylic acids is 1. The first-order valence-electron chi connectivity index (χ1n) is 8.49. The van der Waals surface area contributed by atoms with Gasteiger partial charge in [-0.3, -0.25) is 9.69 Å². The highest BCUT2D eigenvalue weighted by molar-refractivity contribution is 5.78. The molecule has 1 heterocycles. The molecular formula is C18H26N2O2. The number of nitrogens with zero attached hydrogens (tertiary/aromatic N) is 1. The smallest absolute Gasteiger partial charge is 0.223 e. The number of morpholine rings is 1. The minimum Gasteiger partial charge on any atom is -0.371 e. The van der Waals surface area contributed by atoms with Gasteiger partial charge in [0.05, 0.1) is 12.7 Å². The average molecular weight is 302 g/mol. The van der Waals surface area contributed by atoms with E-state index >= 15 is 0 Å². The van der Waals surface area contributed by atoms with Gasteiger partial charge in [0.1, 0.15) is 0 Å². The van der Waals surface area contributed by atoms with E-state index in [0.717, 1.165) is 45.6 Å². The number of hydrogen-bond donors (Lipinski definition) is 1. The third kappa shape index (κ3) is 4.08. The van der Waals surface area contributed by atoms with Gasteiger partial charge in [0.2, 0.25) is 5.91 Å². The molecule has 1 unspecified atom stereocenters. The summed E-state index contributed by atoms with van der Waals surface area (Å²) in [5, 5.41) is 3.11. The minimum atomic E-state index is 0.153. The Bertz CT molecular complexity index is 471. The Morgan fingerprint density at radius 2 is 2.00 bits per heavy atom. The molecule has 120 valence electrons. The van der Waals surface area contributed by atoms with Crippen LogP contribution in [0.2, 0.25) is 0 Å². The average Bonchev–Trinajstić information content (AvgIpc) is 3.10. The lowest BCUT2D eigenvalue weighted by atomic mass is 10.1. The predicted octanol–water partition coefficient (Wildman–Crippen LogP) is 2.37. The molecule has 1 aliphatic heterocycles. The standard InChI is InChI=1S/C18H26N2O2/c21-18(16-8-4-5-9-16)19-10-11-20-12-13-22-17(14-20)15-6-2-1-3-7-15/h1-3,6-7,16-17H,4-5,8-14H2,(H,19,21). The molecule has 1 atom stereocenters. The Hall–Kier alpha value is -1.39. The van der Waals surface area contributed by atoms with Crippen LogP contribution < -0.4 is 5.32 Å². The monoisotopic (exact) mass is 302 g/mol. The molecule has 1 saturated carbocycles. The van der Waals surface area contributed by atoms with E-state index in [4.69, 9.17) is 4.74 Å². The Morgan fingerprint density at radius 3 is 2.77 bits per heavy atom. The van der Waals surface area contributed by atoms with E-state index in [9.17, 15) is 4.79 Å². The summed E-state index contributed by atoms with van der Waals surface area (Å²) in [6, 6.07) is 10.4. The maximum atomic E-state index is 12.0. The first-order chi connectivity index (χ1) is 10.8. The Morgan fingerprint density at radius 1 is 1.23 bits per heavy atom. The van der Waals surface area contributed by atoms with Gasteiger partial charge in [0.15, 0.2) is 0 Å². The number of nitrogens with one attached hydrogen (secondary N) is 1. The highest BCUT2D eigenvalue weighted by Crippen LogP contribution is 2.24. The zero-order valence-electron chi connectivity index (χ0n) is 13.2. The molecule has 0 aromatic heterocycles. The van der Waals surface area contributed by atoms with Gasteiger partial charge in [0, 0.05) is 32.1 Å². The van der Waals surface area contributed by atoms with E-state index in [1.54, 1.807) is 0 Å². The van der Waals surface area contributed by atoms with E-state index in [1.807, 2.05) is 6.07 Å². The minimum absolute atomic E-state index is 0.153. The van der Waals surface area contributed by atoms with Crippen LogP contribution in [0.5, 0.6) is 0 Å². The van der Waals surface area contributed by atoms with Crippen LogP contribution in [0.15, 0.2) is 30.3 Å². The van der Waals surface area contributed by atoms with Crippen molar-refractivity contribution in [1.82, 2.24) is 10.2 Å². The van der Waals surface area contributed by atoms with Crippen LogP contribution >= 0.6 is 0 Å². The van der Waals surface area contributed by atoms with Crippen LogP contribution in [-0.4, -0.2) is 43.6 Å². The van der Waals surface area contributed by atoms with Crippen molar-refractivity contribution in [1.29, 1.82) is 0 Å². The molecule has 1 amide bonds. The molecule has 1 aromatic rings. The van der Waals surface area contributed by atoms with Gasteiger partial charge in [-0.15, -0.1) is 0 Å². The maximum absolute atomic E-state index is 12.0. The summed E-state index contributed by atoms with van der Waals surface area (Å²) in [6.45, 7) is 4.27. The molecule has 4 heteroatoms. The van der Waals surface area contributed by atoms with Gasteiger partial charge >= 0.3 is 0 Å². The second kappa shape index (κ2) is 7.75.